The quantitative estimate of drug-likeness (QED) is 0.659. The summed E-state index contributed by atoms with van der Waals surface area (Å²) in [7, 11) is 1.66. The second-order valence-electron chi connectivity index (χ2n) is 3.41. The van der Waals surface area contributed by atoms with E-state index in [0.717, 1.165) is 18.6 Å². The third kappa shape index (κ3) is 1.38. The highest BCUT2D eigenvalue weighted by Gasteiger charge is 2.57. The molecule has 0 saturated carbocycles. The molecule has 3 heteroatoms. The van der Waals surface area contributed by atoms with Crippen molar-refractivity contribution in [2.45, 2.75) is 24.5 Å². The van der Waals surface area contributed by atoms with Crippen LogP contribution in [0.5, 0.6) is 0 Å². The standard InChI is InChI=1S/C10H14O3/c1-12-8-4-2-5-10(6-3-7-11)9(8)13-10/h2,4-5,9,11H,3,6-7H2,1H3. The lowest BCUT2D eigenvalue weighted by Crippen LogP contribution is -2.17. The molecule has 2 aliphatic rings. The Labute approximate surface area is 77.7 Å². The molecule has 1 saturated heterocycles. The topological polar surface area (TPSA) is 42.0 Å². The first-order valence-corrected chi connectivity index (χ1v) is 4.54. The maximum Gasteiger partial charge on any atom is 0.148 e. The zero-order valence-corrected chi connectivity index (χ0v) is 7.69. The van der Waals surface area contributed by atoms with Gasteiger partial charge in [-0.1, -0.05) is 6.08 Å². The Kier molecular flexibility index (Phi) is 2.14. The Balaban J connectivity index is 2.00. The zero-order valence-electron chi connectivity index (χ0n) is 7.69. The maximum atomic E-state index is 8.73. The molecule has 1 aliphatic carbocycles. The lowest BCUT2D eigenvalue weighted by atomic mass is 9.94. The minimum atomic E-state index is -0.164. The second-order valence-corrected chi connectivity index (χ2v) is 3.41. The molecule has 0 aromatic heterocycles. The first-order chi connectivity index (χ1) is 6.32. The van der Waals surface area contributed by atoms with E-state index in [4.69, 9.17) is 14.6 Å². The van der Waals surface area contributed by atoms with Crippen molar-refractivity contribution < 1.29 is 14.6 Å². The van der Waals surface area contributed by atoms with Gasteiger partial charge in [-0.15, -0.1) is 0 Å². The molecule has 0 radical (unpaired) electrons. The van der Waals surface area contributed by atoms with Crippen LogP contribution in [0.25, 0.3) is 0 Å². The molecule has 2 rings (SSSR count). The van der Waals surface area contributed by atoms with Crippen LogP contribution in [0.15, 0.2) is 24.0 Å². The van der Waals surface area contributed by atoms with Gasteiger partial charge in [-0.2, -0.15) is 0 Å². The summed E-state index contributed by atoms with van der Waals surface area (Å²) >= 11 is 0. The fourth-order valence-corrected chi connectivity index (χ4v) is 1.81. The van der Waals surface area contributed by atoms with Crippen LogP contribution in [0, 0.1) is 0 Å². The molecular formula is C10H14O3. The van der Waals surface area contributed by atoms with Crippen LogP contribution in [0.3, 0.4) is 0 Å². The van der Waals surface area contributed by atoms with Gasteiger partial charge in [-0.05, 0) is 25.0 Å². The average molecular weight is 182 g/mol. The number of hydrogen-bond acceptors (Lipinski definition) is 3. The van der Waals surface area contributed by atoms with E-state index in [9.17, 15) is 0 Å². The average Bonchev–Trinajstić information content (AvgIpc) is 2.89. The van der Waals surface area contributed by atoms with Crippen LogP contribution in [0.1, 0.15) is 12.8 Å². The summed E-state index contributed by atoms with van der Waals surface area (Å²) in [6, 6.07) is 0. The smallest absolute Gasteiger partial charge is 0.148 e. The largest absolute Gasteiger partial charge is 0.498 e. The molecule has 1 N–H and O–H groups in total. The minimum absolute atomic E-state index is 0.0917. The van der Waals surface area contributed by atoms with Gasteiger partial charge in [-0.25, -0.2) is 0 Å². The molecule has 0 aromatic carbocycles. The van der Waals surface area contributed by atoms with Crippen molar-refractivity contribution in [3.05, 3.63) is 24.0 Å². The van der Waals surface area contributed by atoms with Crippen LogP contribution >= 0.6 is 0 Å². The van der Waals surface area contributed by atoms with E-state index in [-0.39, 0.29) is 18.3 Å². The zero-order chi connectivity index (χ0) is 9.31. The van der Waals surface area contributed by atoms with Crippen molar-refractivity contribution in [1.82, 2.24) is 0 Å². The van der Waals surface area contributed by atoms with Crippen LogP contribution in [0.2, 0.25) is 0 Å². The summed E-state index contributed by atoms with van der Waals surface area (Å²) < 4.78 is 10.8. The predicted molar refractivity (Wildman–Crippen MR) is 48.2 cm³/mol. The van der Waals surface area contributed by atoms with E-state index in [2.05, 4.69) is 6.08 Å². The number of ether oxygens (including phenoxy) is 2. The highest BCUT2D eigenvalue weighted by Crippen LogP contribution is 2.48. The van der Waals surface area contributed by atoms with Gasteiger partial charge in [0, 0.05) is 6.61 Å². The molecule has 2 atom stereocenters. The van der Waals surface area contributed by atoms with E-state index in [1.807, 2.05) is 12.2 Å². The Morgan fingerprint density at radius 2 is 2.54 bits per heavy atom. The molecular weight excluding hydrogens is 168 g/mol. The van der Waals surface area contributed by atoms with Gasteiger partial charge < -0.3 is 14.6 Å². The van der Waals surface area contributed by atoms with E-state index >= 15 is 0 Å². The number of allylic oxidation sites excluding steroid dienone is 2. The summed E-state index contributed by atoms with van der Waals surface area (Å²) in [5.74, 6) is 0.889. The fraction of sp³-hybridized carbons (Fsp3) is 0.600. The molecule has 1 aliphatic heterocycles. The van der Waals surface area contributed by atoms with Crippen molar-refractivity contribution in [2.75, 3.05) is 13.7 Å². The molecule has 0 bridgehead atoms. The predicted octanol–water partition coefficient (Wildman–Crippen LogP) is 0.997. The third-order valence-electron chi connectivity index (χ3n) is 2.58. The van der Waals surface area contributed by atoms with E-state index in [0.29, 0.717) is 0 Å². The van der Waals surface area contributed by atoms with Gasteiger partial charge in [0.05, 0.1) is 7.11 Å². The lowest BCUT2D eigenvalue weighted by Gasteiger charge is -2.11. The number of aliphatic hydroxyl groups is 1. The molecule has 72 valence electrons. The number of epoxide rings is 1. The van der Waals surface area contributed by atoms with E-state index in [1.54, 1.807) is 7.11 Å². The Bertz CT molecular complexity index is 257. The molecule has 2 unspecified atom stereocenters. The van der Waals surface area contributed by atoms with Gasteiger partial charge in [0.15, 0.2) is 0 Å². The first kappa shape index (κ1) is 8.78. The summed E-state index contributed by atoms with van der Waals surface area (Å²) in [6.45, 7) is 0.220. The summed E-state index contributed by atoms with van der Waals surface area (Å²) in [5, 5.41) is 8.73. The van der Waals surface area contributed by atoms with Gasteiger partial charge in [0.1, 0.15) is 17.5 Å². The van der Waals surface area contributed by atoms with E-state index in [1.165, 1.54) is 0 Å². The van der Waals surface area contributed by atoms with Crippen LogP contribution < -0.4 is 0 Å². The van der Waals surface area contributed by atoms with Crippen molar-refractivity contribution >= 4 is 0 Å². The molecule has 3 nitrogen and oxygen atoms in total. The van der Waals surface area contributed by atoms with Crippen LogP contribution in [0.4, 0.5) is 0 Å². The Morgan fingerprint density at radius 3 is 3.23 bits per heavy atom. The van der Waals surface area contributed by atoms with Gasteiger partial charge in [0.2, 0.25) is 0 Å². The van der Waals surface area contributed by atoms with Crippen LogP contribution in [-0.4, -0.2) is 30.5 Å². The summed E-state index contributed by atoms with van der Waals surface area (Å²) in [6.07, 6.45) is 7.67. The lowest BCUT2D eigenvalue weighted by molar-refractivity contribution is 0.241. The van der Waals surface area contributed by atoms with Crippen LogP contribution in [-0.2, 0) is 9.47 Å². The molecule has 1 heterocycles. The normalized spacial score (nSPS) is 35.2. The highest BCUT2D eigenvalue weighted by molar-refractivity contribution is 5.34. The number of fused-ring (bicyclic) bond motifs is 1. The van der Waals surface area contributed by atoms with Crippen molar-refractivity contribution in [3.8, 4) is 0 Å². The summed E-state index contributed by atoms with van der Waals surface area (Å²) in [4.78, 5) is 0. The summed E-state index contributed by atoms with van der Waals surface area (Å²) in [5.41, 5.74) is -0.164. The monoisotopic (exact) mass is 182 g/mol. The minimum Gasteiger partial charge on any atom is -0.498 e. The van der Waals surface area contributed by atoms with E-state index < -0.39 is 0 Å². The molecule has 0 amide bonds. The van der Waals surface area contributed by atoms with Crippen molar-refractivity contribution in [2.24, 2.45) is 0 Å². The highest BCUT2D eigenvalue weighted by atomic mass is 16.6. The fourth-order valence-electron chi connectivity index (χ4n) is 1.81. The number of aliphatic hydroxyl groups excluding tert-OH is 1. The molecule has 13 heavy (non-hydrogen) atoms. The van der Waals surface area contributed by atoms with Gasteiger partial charge >= 0.3 is 0 Å². The third-order valence-corrected chi connectivity index (χ3v) is 2.58. The number of hydrogen-bond donors (Lipinski definition) is 1. The SMILES string of the molecule is COC1=CC=CC2(CCCO)OC12. The van der Waals surface area contributed by atoms with Crippen molar-refractivity contribution in [3.63, 3.8) is 0 Å². The second kappa shape index (κ2) is 3.16. The molecule has 1 fully saturated rings. The maximum absolute atomic E-state index is 8.73. The first-order valence-electron chi connectivity index (χ1n) is 4.54. The van der Waals surface area contributed by atoms with Crippen molar-refractivity contribution in [1.29, 1.82) is 0 Å². The Hall–Kier alpha value is -0.800. The van der Waals surface area contributed by atoms with Gasteiger partial charge in [-0.3, -0.25) is 0 Å². The number of methoxy groups -OCH3 is 1. The Morgan fingerprint density at radius 1 is 1.69 bits per heavy atom. The molecule has 0 aromatic rings. The van der Waals surface area contributed by atoms with Gasteiger partial charge in [0.25, 0.3) is 0 Å². The number of rotatable bonds is 4. The molecule has 0 spiro atoms.